The first kappa shape index (κ1) is 19.3. The quantitative estimate of drug-likeness (QED) is 0.431. The number of benzene rings is 1. The average Bonchev–Trinajstić information content (AvgIpc) is 3.01. The Morgan fingerprint density at radius 3 is 2.93 bits per heavy atom. The second-order valence-electron chi connectivity index (χ2n) is 5.74. The molecule has 0 aliphatic rings. The van der Waals surface area contributed by atoms with Gasteiger partial charge in [-0.25, -0.2) is 9.97 Å². The number of aliphatic imine (C=N–C) groups is 1. The summed E-state index contributed by atoms with van der Waals surface area (Å²) in [5.41, 5.74) is 10.4. The summed E-state index contributed by atoms with van der Waals surface area (Å²) in [6.45, 7) is 2.08. The van der Waals surface area contributed by atoms with Gasteiger partial charge in [0.25, 0.3) is 0 Å². The van der Waals surface area contributed by atoms with Crippen molar-refractivity contribution in [2.75, 3.05) is 19.5 Å². The minimum absolute atomic E-state index is 0.467. The van der Waals surface area contributed by atoms with E-state index in [0.717, 1.165) is 42.9 Å². The van der Waals surface area contributed by atoms with E-state index in [0.29, 0.717) is 11.6 Å². The average molecular weight is 446 g/mol. The molecule has 0 fully saturated rings. The first-order valence-corrected chi connectivity index (χ1v) is 10.2. The third-order valence-electron chi connectivity index (χ3n) is 4.00. The van der Waals surface area contributed by atoms with Gasteiger partial charge in [0.2, 0.25) is 5.95 Å². The van der Waals surface area contributed by atoms with E-state index in [4.69, 9.17) is 15.5 Å². The molecule has 2 aromatic heterocycles. The van der Waals surface area contributed by atoms with Gasteiger partial charge in [0.15, 0.2) is 0 Å². The molecule has 0 bridgehead atoms. The first-order valence-electron chi connectivity index (χ1n) is 8.21. The number of nitrogens with one attached hydrogen (secondary N) is 1. The highest BCUT2D eigenvalue weighted by Crippen LogP contribution is 2.41. The Labute approximate surface area is 170 Å². The van der Waals surface area contributed by atoms with E-state index < -0.39 is 0 Å². The zero-order chi connectivity index (χ0) is 19.4. The Morgan fingerprint density at radius 2 is 2.26 bits per heavy atom. The highest BCUT2D eigenvalue weighted by molar-refractivity contribution is 9.08. The fourth-order valence-electron chi connectivity index (χ4n) is 2.80. The summed E-state index contributed by atoms with van der Waals surface area (Å²) in [6, 6.07) is 6.21. The minimum Gasteiger partial charge on any atom is -0.496 e. The van der Waals surface area contributed by atoms with Gasteiger partial charge in [-0.15, -0.1) is 11.3 Å². The van der Waals surface area contributed by atoms with Crippen molar-refractivity contribution < 1.29 is 4.74 Å². The van der Waals surface area contributed by atoms with Crippen LogP contribution < -0.4 is 15.8 Å². The van der Waals surface area contributed by atoms with Gasteiger partial charge in [0.1, 0.15) is 5.75 Å². The summed E-state index contributed by atoms with van der Waals surface area (Å²) in [4.78, 5) is 14.2. The van der Waals surface area contributed by atoms with Gasteiger partial charge in [0, 0.05) is 40.8 Å². The van der Waals surface area contributed by atoms with Crippen molar-refractivity contribution in [1.82, 2.24) is 9.97 Å². The van der Waals surface area contributed by atoms with Crippen molar-refractivity contribution in [2.24, 2.45) is 10.7 Å². The highest BCUT2D eigenvalue weighted by Gasteiger charge is 2.18. The fraction of sp³-hybridized carbons (Fsp3) is 0.211. The largest absolute Gasteiger partial charge is 0.496 e. The van der Waals surface area contributed by atoms with Crippen molar-refractivity contribution in [2.45, 2.75) is 12.3 Å². The Kier molecular flexibility index (Phi) is 6.08. The van der Waals surface area contributed by atoms with Crippen LogP contribution in [0.5, 0.6) is 5.75 Å². The van der Waals surface area contributed by atoms with E-state index in [2.05, 4.69) is 50.3 Å². The second kappa shape index (κ2) is 8.49. The number of allylic oxidation sites excluding steroid dienone is 1. The maximum Gasteiger partial charge on any atom is 0.227 e. The summed E-state index contributed by atoms with van der Waals surface area (Å²) in [5.74, 6) is 1.29. The third-order valence-corrected chi connectivity index (χ3v) is 5.68. The van der Waals surface area contributed by atoms with Crippen LogP contribution in [0.4, 0.5) is 5.95 Å². The number of hydrogen-bond donors (Lipinski definition) is 2. The summed E-state index contributed by atoms with van der Waals surface area (Å²) in [5, 5.41) is 3.86. The molecule has 3 aromatic rings. The molecule has 0 saturated heterocycles. The lowest BCUT2D eigenvalue weighted by Crippen LogP contribution is -2.06. The van der Waals surface area contributed by atoms with E-state index in [1.165, 1.54) is 6.20 Å². The van der Waals surface area contributed by atoms with Gasteiger partial charge in [-0.2, -0.15) is 0 Å². The van der Waals surface area contributed by atoms with E-state index in [1.807, 2.05) is 12.3 Å². The topological polar surface area (TPSA) is 85.4 Å². The van der Waals surface area contributed by atoms with Gasteiger partial charge < -0.3 is 15.8 Å². The lowest BCUT2D eigenvalue weighted by molar-refractivity contribution is 0.416. The molecule has 8 heteroatoms. The molecule has 3 N–H and O–H groups in total. The summed E-state index contributed by atoms with van der Waals surface area (Å²) in [6.07, 6.45) is 4.88. The van der Waals surface area contributed by atoms with E-state index >= 15 is 0 Å². The van der Waals surface area contributed by atoms with Crippen LogP contribution in [0.2, 0.25) is 0 Å². The number of thiophene rings is 1. The number of nitrogens with zero attached hydrogens (tertiary/aromatic N) is 3. The zero-order valence-electron chi connectivity index (χ0n) is 15.3. The molecule has 0 aliphatic carbocycles. The number of anilines is 1. The number of halogens is 1. The fourth-order valence-corrected chi connectivity index (χ4v) is 4.13. The number of ether oxygens (including phenoxy) is 1. The second-order valence-corrected chi connectivity index (χ2v) is 7.56. The standard InChI is InChI=1S/C19H20BrN5OS/c1-11-17(14-5-4-12(7-20)6-15(14)26-3)18-16(27-11)10-23-19(25-18)24-13(8-21)9-22-2/h4-6,8-10H,7,21H2,1-3H3,(H,23,24,25). The SMILES string of the molecule is CN=CC(=CN)Nc1ncc2sc(C)c(-c3ccc(CBr)cc3OC)c2n1. The predicted octanol–water partition coefficient (Wildman–Crippen LogP) is 4.48. The van der Waals surface area contributed by atoms with E-state index in [1.54, 1.807) is 31.7 Å². The summed E-state index contributed by atoms with van der Waals surface area (Å²) in [7, 11) is 3.36. The molecule has 0 unspecified atom stereocenters. The molecule has 1 aromatic carbocycles. The molecule has 0 spiro atoms. The van der Waals surface area contributed by atoms with Crippen LogP contribution in [-0.2, 0) is 5.33 Å². The van der Waals surface area contributed by atoms with E-state index in [9.17, 15) is 0 Å². The maximum atomic E-state index is 5.64. The smallest absolute Gasteiger partial charge is 0.227 e. The molecule has 0 aliphatic heterocycles. The number of rotatable bonds is 6. The first-order chi connectivity index (χ1) is 13.1. The van der Waals surface area contributed by atoms with Crippen molar-refractivity contribution >= 4 is 49.6 Å². The lowest BCUT2D eigenvalue weighted by Gasteiger charge is -2.11. The van der Waals surface area contributed by atoms with E-state index in [-0.39, 0.29) is 0 Å². The van der Waals surface area contributed by atoms with Gasteiger partial charge >= 0.3 is 0 Å². The molecule has 140 valence electrons. The van der Waals surface area contributed by atoms with Gasteiger partial charge in [-0.3, -0.25) is 4.99 Å². The number of nitrogens with two attached hydrogens (primary N) is 1. The van der Waals surface area contributed by atoms with Crippen LogP contribution in [0.15, 0.2) is 41.3 Å². The van der Waals surface area contributed by atoms with Crippen molar-refractivity contribution in [3.05, 3.63) is 46.7 Å². The number of alkyl halides is 1. The van der Waals surface area contributed by atoms with Crippen molar-refractivity contribution in [3.63, 3.8) is 0 Å². The molecule has 3 rings (SSSR count). The monoisotopic (exact) mass is 445 g/mol. The number of fused-ring (bicyclic) bond motifs is 1. The van der Waals surface area contributed by atoms with Gasteiger partial charge in [0.05, 0.1) is 29.2 Å². The van der Waals surface area contributed by atoms with Crippen LogP contribution in [0.3, 0.4) is 0 Å². The number of hydrogen-bond acceptors (Lipinski definition) is 7. The molecule has 0 radical (unpaired) electrons. The number of aromatic nitrogens is 2. The Bertz CT molecular complexity index is 1030. The molecule has 6 nitrogen and oxygen atoms in total. The zero-order valence-corrected chi connectivity index (χ0v) is 17.7. The van der Waals surface area contributed by atoms with Crippen molar-refractivity contribution in [1.29, 1.82) is 0 Å². The van der Waals surface area contributed by atoms with Crippen LogP contribution >= 0.6 is 27.3 Å². The molecule has 27 heavy (non-hydrogen) atoms. The van der Waals surface area contributed by atoms with Crippen LogP contribution in [0, 0.1) is 6.92 Å². The van der Waals surface area contributed by atoms with Crippen molar-refractivity contribution in [3.8, 4) is 16.9 Å². The number of aryl methyl sites for hydroxylation is 1. The summed E-state index contributed by atoms with van der Waals surface area (Å²) >= 11 is 5.15. The third kappa shape index (κ3) is 3.96. The Balaban J connectivity index is 2.13. The number of methoxy groups -OCH3 is 1. The Hall–Kier alpha value is -2.45. The van der Waals surface area contributed by atoms with Crippen LogP contribution in [0.1, 0.15) is 10.4 Å². The van der Waals surface area contributed by atoms with Gasteiger partial charge in [-0.1, -0.05) is 28.1 Å². The van der Waals surface area contributed by atoms with Crippen LogP contribution in [-0.4, -0.2) is 30.3 Å². The predicted molar refractivity (Wildman–Crippen MR) is 117 cm³/mol. The molecular formula is C19H20BrN5OS. The molecule has 0 saturated carbocycles. The molecular weight excluding hydrogens is 426 g/mol. The summed E-state index contributed by atoms with van der Waals surface area (Å²) < 4.78 is 6.66. The normalized spacial score (nSPS) is 12.1. The van der Waals surface area contributed by atoms with Gasteiger partial charge in [-0.05, 0) is 18.6 Å². The maximum absolute atomic E-state index is 5.64. The minimum atomic E-state index is 0.467. The molecule has 0 amide bonds. The Morgan fingerprint density at radius 1 is 1.44 bits per heavy atom. The molecule has 0 atom stereocenters. The highest BCUT2D eigenvalue weighted by atomic mass is 79.9. The molecule has 2 heterocycles. The lowest BCUT2D eigenvalue weighted by atomic mass is 10.0. The van der Waals surface area contributed by atoms with Crippen LogP contribution in [0.25, 0.3) is 21.3 Å².